The largest absolute Gasteiger partial charge is 0.334 e. The zero-order chi connectivity index (χ0) is 16.0. The molecule has 1 amide bonds. The zero-order valence-electron chi connectivity index (χ0n) is 13.8. The smallest absolute Gasteiger partial charge is 0.288 e. The number of piperidine rings is 1. The fraction of sp³-hybridized carbons (Fsp3) is 0.474. The molecule has 2 heterocycles. The molecule has 2 aromatic rings. The summed E-state index contributed by atoms with van der Waals surface area (Å²) in [5.41, 5.74) is 6.26. The highest BCUT2D eigenvalue weighted by Gasteiger charge is 2.37. The van der Waals surface area contributed by atoms with Crippen molar-refractivity contribution in [1.29, 1.82) is 0 Å². The number of aryl methyl sites for hydroxylation is 1. The third kappa shape index (κ3) is 2.59. The summed E-state index contributed by atoms with van der Waals surface area (Å²) in [4.78, 5) is 16.3. The Kier molecular flexibility index (Phi) is 3.72. The number of rotatable bonds is 2. The Hall–Kier alpha value is -1.68. The number of thiazole rings is 1. The average Bonchev–Trinajstić information content (AvgIpc) is 2.87. The van der Waals surface area contributed by atoms with Crippen molar-refractivity contribution >= 4 is 17.2 Å². The number of amides is 1. The Morgan fingerprint density at radius 3 is 2.96 bits per heavy atom. The first-order chi connectivity index (χ1) is 11.1. The van der Waals surface area contributed by atoms with E-state index < -0.39 is 0 Å². The molecule has 1 fully saturated rings. The summed E-state index contributed by atoms with van der Waals surface area (Å²) >= 11 is 1.72. The predicted octanol–water partition coefficient (Wildman–Crippen LogP) is 2.98. The van der Waals surface area contributed by atoms with Crippen LogP contribution in [0.2, 0.25) is 0 Å². The molecule has 120 valence electrons. The lowest BCUT2D eigenvalue weighted by Crippen LogP contribution is -2.53. The molecular formula is C19H23N2OS+. The van der Waals surface area contributed by atoms with Gasteiger partial charge in [0.05, 0.1) is 4.88 Å². The molecule has 4 rings (SSSR count). The van der Waals surface area contributed by atoms with Gasteiger partial charge < -0.3 is 4.90 Å². The summed E-state index contributed by atoms with van der Waals surface area (Å²) in [7, 11) is 0. The molecule has 0 radical (unpaired) electrons. The number of nitrogens with zero attached hydrogens (tertiary/aromatic N) is 2. The minimum Gasteiger partial charge on any atom is -0.334 e. The van der Waals surface area contributed by atoms with E-state index in [0.717, 1.165) is 25.8 Å². The molecule has 1 saturated heterocycles. The first-order valence-corrected chi connectivity index (χ1v) is 9.33. The summed E-state index contributed by atoms with van der Waals surface area (Å²) in [6, 6.07) is 9.18. The van der Waals surface area contributed by atoms with Crippen LogP contribution in [0, 0.1) is 13.8 Å². The van der Waals surface area contributed by atoms with Gasteiger partial charge in [0.15, 0.2) is 5.69 Å². The van der Waals surface area contributed by atoms with Crippen LogP contribution in [0.1, 0.15) is 40.5 Å². The number of carbonyl (C=O) groups is 1. The molecule has 3 nitrogen and oxygen atoms in total. The summed E-state index contributed by atoms with van der Waals surface area (Å²) in [6.07, 6.45) is 3.26. The van der Waals surface area contributed by atoms with Crippen LogP contribution in [0.15, 0.2) is 29.8 Å². The topological polar surface area (TPSA) is 24.2 Å². The minimum absolute atomic E-state index is 0.277. The molecule has 0 saturated carbocycles. The monoisotopic (exact) mass is 327 g/mol. The van der Waals surface area contributed by atoms with E-state index >= 15 is 0 Å². The van der Waals surface area contributed by atoms with Gasteiger partial charge in [-0.05, 0) is 43.2 Å². The zero-order valence-corrected chi connectivity index (χ0v) is 14.6. The lowest BCUT2D eigenvalue weighted by Gasteiger charge is -2.43. The van der Waals surface area contributed by atoms with Gasteiger partial charge in [-0.15, -0.1) is 0 Å². The van der Waals surface area contributed by atoms with Crippen LogP contribution in [0.25, 0.3) is 0 Å². The van der Waals surface area contributed by atoms with E-state index in [2.05, 4.69) is 53.1 Å². The van der Waals surface area contributed by atoms with E-state index in [1.165, 1.54) is 21.7 Å². The van der Waals surface area contributed by atoms with Gasteiger partial charge in [-0.25, -0.2) is 0 Å². The van der Waals surface area contributed by atoms with Crippen molar-refractivity contribution in [3.63, 3.8) is 0 Å². The minimum atomic E-state index is 0.277. The van der Waals surface area contributed by atoms with Gasteiger partial charge >= 0.3 is 0 Å². The molecule has 2 unspecified atom stereocenters. The van der Waals surface area contributed by atoms with Gasteiger partial charge in [0.2, 0.25) is 12.1 Å². The van der Waals surface area contributed by atoms with Crippen LogP contribution in [0.4, 0.5) is 0 Å². The molecule has 0 N–H and O–H groups in total. The highest BCUT2D eigenvalue weighted by Crippen LogP contribution is 2.39. The lowest BCUT2D eigenvalue weighted by molar-refractivity contribution is -0.686. The van der Waals surface area contributed by atoms with Crippen LogP contribution in [0.5, 0.6) is 0 Å². The molecule has 2 atom stereocenters. The first-order valence-electron chi connectivity index (χ1n) is 8.45. The second-order valence-corrected chi connectivity index (χ2v) is 7.92. The van der Waals surface area contributed by atoms with Gasteiger partial charge in [0.1, 0.15) is 0 Å². The van der Waals surface area contributed by atoms with E-state index in [-0.39, 0.29) is 5.91 Å². The highest BCUT2D eigenvalue weighted by molar-refractivity contribution is 7.09. The standard InChI is InChI=1S/C19H23N2OS/c1-13-14(2)23-12-20(13)11-19(22)21-8-7-16-10-17(21)9-15-5-3-4-6-18(15)16/h3-6,12,16-17H,7-11H2,1-2H3/q+1. The van der Waals surface area contributed by atoms with Crippen molar-refractivity contribution in [2.45, 2.75) is 51.6 Å². The van der Waals surface area contributed by atoms with Crippen molar-refractivity contribution in [3.05, 3.63) is 51.5 Å². The van der Waals surface area contributed by atoms with Crippen molar-refractivity contribution in [1.82, 2.24) is 4.90 Å². The van der Waals surface area contributed by atoms with Crippen LogP contribution in [-0.2, 0) is 17.8 Å². The van der Waals surface area contributed by atoms with Gasteiger partial charge in [0, 0.05) is 19.5 Å². The lowest BCUT2D eigenvalue weighted by atomic mass is 9.75. The van der Waals surface area contributed by atoms with Crippen LogP contribution >= 0.6 is 11.3 Å². The molecule has 4 heteroatoms. The average molecular weight is 327 g/mol. The summed E-state index contributed by atoms with van der Waals surface area (Å²) in [5, 5.41) is 0. The van der Waals surface area contributed by atoms with E-state index in [1.807, 2.05) is 0 Å². The normalized spacial score (nSPS) is 22.8. The first kappa shape index (κ1) is 14.9. The number of carbonyl (C=O) groups excluding carboxylic acids is 1. The fourth-order valence-electron chi connectivity index (χ4n) is 4.13. The van der Waals surface area contributed by atoms with Gasteiger partial charge in [0.25, 0.3) is 5.91 Å². The van der Waals surface area contributed by atoms with E-state index in [9.17, 15) is 4.79 Å². The van der Waals surface area contributed by atoms with Crippen molar-refractivity contribution in [3.8, 4) is 0 Å². The Morgan fingerprint density at radius 1 is 1.35 bits per heavy atom. The third-order valence-corrected chi connectivity index (χ3v) is 6.60. The maximum absolute atomic E-state index is 12.9. The van der Waals surface area contributed by atoms with Crippen molar-refractivity contribution in [2.75, 3.05) is 6.54 Å². The molecule has 2 aliphatic rings. The second-order valence-electron chi connectivity index (χ2n) is 6.86. The number of hydrogen-bond acceptors (Lipinski definition) is 2. The van der Waals surface area contributed by atoms with Crippen molar-refractivity contribution in [2.24, 2.45) is 0 Å². The fourth-order valence-corrected chi connectivity index (χ4v) is 4.94. The van der Waals surface area contributed by atoms with E-state index in [0.29, 0.717) is 18.5 Å². The SMILES string of the molecule is Cc1sc[n+](CC(=O)N2CCC3CC2Cc2ccccc23)c1C. The second kappa shape index (κ2) is 5.75. The number of hydrogen-bond donors (Lipinski definition) is 0. The number of fused-ring (bicyclic) bond motifs is 4. The van der Waals surface area contributed by atoms with E-state index in [4.69, 9.17) is 0 Å². The molecule has 1 aliphatic carbocycles. The van der Waals surface area contributed by atoms with Gasteiger partial charge in [-0.1, -0.05) is 35.6 Å². The Bertz CT molecular complexity index is 752. The van der Waals surface area contributed by atoms with E-state index in [1.54, 1.807) is 11.3 Å². The molecule has 0 spiro atoms. The molecule has 2 bridgehead atoms. The highest BCUT2D eigenvalue weighted by atomic mass is 32.1. The molecular weight excluding hydrogens is 304 g/mol. The quantitative estimate of drug-likeness (QED) is 0.778. The van der Waals surface area contributed by atoms with Crippen LogP contribution in [0.3, 0.4) is 0 Å². The summed E-state index contributed by atoms with van der Waals surface area (Å²) in [5.74, 6) is 0.922. The van der Waals surface area contributed by atoms with Crippen LogP contribution < -0.4 is 4.57 Å². The number of likely N-dealkylation sites (tertiary alicyclic amines) is 1. The number of aromatic nitrogens is 1. The molecule has 23 heavy (non-hydrogen) atoms. The number of benzene rings is 1. The van der Waals surface area contributed by atoms with Gasteiger partial charge in [-0.2, -0.15) is 4.57 Å². The Morgan fingerprint density at radius 2 is 2.17 bits per heavy atom. The maximum atomic E-state index is 12.9. The molecule has 1 aromatic carbocycles. The molecule has 1 aliphatic heterocycles. The van der Waals surface area contributed by atoms with Gasteiger partial charge in [-0.3, -0.25) is 4.79 Å². The van der Waals surface area contributed by atoms with Crippen molar-refractivity contribution < 1.29 is 9.36 Å². The Balaban J connectivity index is 1.53. The summed E-state index contributed by atoms with van der Waals surface area (Å²) < 4.78 is 2.10. The summed E-state index contributed by atoms with van der Waals surface area (Å²) in [6.45, 7) is 5.61. The molecule has 1 aromatic heterocycles. The Labute approximate surface area is 141 Å². The third-order valence-electron chi connectivity index (χ3n) is 5.59. The maximum Gasteiger partial charge on any atom is 0.288 e. The van der Waals surface area contributed by atoms with Crippen LogP contribution in [-0.4, -0.2) is 23.4 Å². The predicted molar refractivity (Wildman–Crippen MR) is 91.6 cm³/mol.